The van der Waals surface area contributed by atoms with Gasteiger partial charge in [0.2, 0.25) is 5.95 Å². The number of alkyl halides is 3. The number of carbonyl (C=O) groups excluding carboxylic acids is 1. The van der Waals surface area contributed by atoms with Crippen molar-refractivity contribution in [1.29, 1.82) is 0 Å². The molecular weight excluding hydrogens is 265 g/mol. The minimum absolute atomic E-state index is 0.171. The van der Waals surface area contributed by atoms with E-state index >= 15 is 0 Å². The minimum atomic E-state index is -4.64. The summed E-state index contributed by atoms with van der Waals surface area (Å²) in [6, 6.07) is -0.179. The second kappa shape index (κ2) is 5.72. The van der Waals surface area contributed by atoms with Crippen LogP contribution in [0.3, 0.4) is 0 Å². The number of halogens is 3. The maximum absolute atomic E-state index is 12.5. The maximum atomic E-state index is 12.5. The van der Waals surface area contributed by atoms with E-state index in [0.717, 1.165) is 0 Å². The molecule has 6 nitrogen and oxygen atoms in total. The van der Waals surface area contributed by atoms with Gasteiger partial charge < -0.3 is 15.8 Å². The van der Waals surface area contributed by atoms with Crippen LogP contribution in [-0.4, -0.2) is 28.6 Å². The van der Waals surface area contributed by atoms with Crippen molar-refractivity contribution in [3.05, 3.63) is 11.8 Å². The third kappa shape index (κ3) is 4.27. The first-order chi connectivity index (χ1) is 8.74. The second-order valence-electron chi connectivity index (χ2n) is 3.61. The van der Waals surface area contributed by atoms with Crippen LogP contribution in [0.2, 0.25) is 0 Å². The normalized spacial score (nSPS) is 12.9. The molecule has 3 N–H and O–H groups in total. The van der Waals surface area contributed by atoms with E-state index in [4.69, 9.17) is 10.5 Å². The van der Waals surface area contributed by atoms with E-state index < -0.39 is 29.8 Å². The summed E-state index contributed by atoms with van der Waals surface area (Å²) >= 11 is 0. The lowest BCUT2D eigenvalue weighted by Gasteiger charge is -2.14. The van der Waals surface area contributed by atoms with Crippen molar-refractivity contribution in [2.75, 3.05) is 17.7 Å². The van der Waals surface area contributed by atoms with Gasteiger partial charge in [0.25, 0.3) is 0 Å². The average molecular weight is 278 g/mol. The van der Waals surface area contributed by atoms with Gasteiger partial charge in [0.15, 0.2) is 5.69 Å². The Labute approximate surface area is 107 Å². The smallest absolute Gasteiger partial charge is 0.433 e. The van der Waals surface area contributed by atoms with Gasteiger partial charge in [-0.1, -0.05) is 0 Å². The Hall–Kier alpha value is -2.06. The van der Waals surface area contributed by atoms with Crippen molar-refractivity contribution in [2.24, 2.45) is 0 Å². The monoisotopic (exact) mass is 278 g/mol. The summed E-state index contributed by atoms with van der Waals surface area (Å²) in [7, 11) is 0. The van der Waals surface area contributed by atoms with Gasteiger partial charge in [-0.05, 0) is 13.8 Å². The highest BCUT2D eigenvalue weighted by Gasteiger charge is 2.33. The number of nitrogens with one attached hydrogen (secondary N) is 1. The van der Waals surface area contributed by atoms with Crippen molar-refractivity contribution in [3.8, 4) is 0 Å². The first-order valence-electron chi connectivity index (χ1n) is 5.39. The molecule has 0 bridgehead atoms. The fourth-order valence-electron chi connectivity index (χ4n) is 1.23. The van der Waals surface area contributed by atoms with Gasteiger partial charge >= 0.3 is 12.1 Å². The van der Waals surface area contributed by atoms with Crippen molar-refractivity contribution in [1.82, 2.24) is 9.97 Å². The summed E-state index contributed by atoms with van der Waals surface area (Å²) in [6.45, 7) is 3.23. The zero-order valence-electron chi connectivity index (χ0n) is 10.3. The van der Waals surface area contributed by atoms with Gasteiger partial charge in [-0.15, -0.1) is 0 Å². The summed E-state index contributed by atoms with van der Waals surface area (Å²) in [6.07, 6.45) is -4.64. The van der Waals surface area contributed by atoms with Gasteiger partial charge in [-0.25, -0.2) is 9.78 Å². The molecule has 9 heteroatoms. The van der Waals surface area contributed by atoms with Crippen LogP contribution in [-0.2, 0) is 15.7 Å². The number of anilines is 2. The Morgan fingerprint density at radius 2 is 2.16 bits per heavy atom. The van der Waals surface area contributed by atoms with E-state index in [9.17, 15) is 18.0 Å². The van der Waals surface area contributed by atoms with E-state index in [-0.39, 0.29) is 12.4 Å². The van der Waals surface area contributed by atoms with Crippen molar-refractivity contribution < 1.29 is 22.7 Å². The summed E-state index contributed by atoms with van der Waals surface area (Å²) in [5.74, 6) is -1.33. The molecule has 1 rings (SSSR count). The Morgan fingerprint density at radius 1 is 1.53 bits per heavy atom. The third-order valence-electron chi connectivity index (χ3n) is 2.04. The number of rotatable bonds is 4. The van der Waals surface area contributed by atoms with Crippen LogP contribution < -0.4 is 11.1 Å². The molecule has 0 fully saturated rings. The second-order valence-corrected chi connectivity index (χ2v) is 3.61. The lowest BCUT2D eigenvalue weighted by Crippen LogP contribution is -2.29. The molecule has 1 atom stereocenters. The van der Waals surface area contributed by atoms with Crippen LogP contribution in [0, 0.1) is 0 Å². The largest absolute Gasteiger partial charge is 0.464 e. The van der Waals surface area contributed by atoms with Crippen molar-refractivity contribution in [3.63, 3.8) is 0 Å². The first kappa shape index (κ1) is 15.0. The Bertz CT molecular complexity index is 465. The summed E-state index contributed by atoms with van der Waals surface area (Å²) in [5.41, 5.74) is 4.01. The number of nitrogens with zero attached hydrogens (tertiary/aromatic N) is 2. The quantitative estimate of drug-likeness (QED) is 0.810. The lowest BCUT2D eigenvalue weighted by atomic mass is 10.3. The Morgan fingerprint density at radius 3 is 2.68 bits per heavy atom. The molecule has 1 heterocycles. The molecule has 19 heavy (non-hydrogen) atoms. The number of carbonyl (C=O) groups is 1. The summed E-state index contributed by atoms with van der Waals surface area (Å²) in [4.78, 5) is 18.0. The van der Waals surface area contributed by atoms with E-state index in [2.05, 4.69) is 15.3 Å². The zero-order valence-corrected chi connectivity index (χ0v) is 10.3. The minimum Gasteiger partial charge on any atom is -0.464 e. The number of aromatic nitrogens is 2. The van der Waals surface area contributed by atoms with Gasteiger partial charge in [0.05, 0.1) is 6.61 Å². The predicted octanol–water partition coefficient (Wildman–Crippen LogP) is 1.44. The van der Waals surface area contributed by atoms with E-state index in [1.54, 1.807) is 6.92 Å². The third-order valence-corrected chi connectivity index (χ3v) is 2.04. The molecule has 0 spiro atoms. The van der Waals surface area contributed by atoms with E-state index in [0.29, 0.717) is 6.07 Å². The van der Waals surface area contributed by atoms with Gasteiger partial charge in [-0.3, -0.25) is 0 Å². The summed E-state index contributed by atoms with van der Waals surface area (Å²) in [5, 5.41) is 2.47. The van der Waals surface area contributed by atoms with Crippen LogP contribution in [0.1, 0.15) is 19.5 Å². The van der Waals surface area contributed by atoms with Crippen LogP contribution in [0.25, 0.3) is 0 Å². The molecule has 1 aromatic rings. The SMILES string of the molecule is CCOC(=O)C(C)Nc1cc(C(F)(F)F)nc(N)n1. The van der Waals surface area contributed by atoms with Gasteiger partial charge in [0, 0.05) is 6.07 Å². The molecule has 1 aromatic heterocycles. The molecule has 0 saturated heterocycles. The molecule has 0 aliphatic heterocycles. The molecule has 106 valence electrons. The number of nitrogen functional groups attached to an aromatic ring is 1. The van der Waals surface area contributed by atoms with E-state index in [1.165, 1.54) is 6.92 Å². The molecule has 0 saturated carbocycles. The number of hydrogen-bond acceptors (Lipinski definition) is 6. The van der Waals surface area contributed by atoms with Crippen LogP contribution in [0.4, 0.5) is 24.9 Å². The molecular formula is C10H13F3N4O2. The Kier molecular flexibility index (Phi) is 4.52. The summed E-state index contributed by atoms with van der Waals surface area (Å²) < 4.78 is 42.2. The number of hydrogen-bond donors (Lipinski definition) is 2. The van der Waals surface area contributed by atoms with Gasteiger partial charge in [-0.2, -0.15) is 18.2 Å². The standard InChI is InChI=1S/C10H13F3N4O2/c1-3-19-8(18)5(2)15-7-4-6(10(11,12)13)16-9(14)17-7/h4-5H,3H2,1-2H3,(H3,14,15,16,17). The van der Waals surface area contributed by atoms with E-state index in [1.807, 2.05) is 0 Å². The molecule has 0 aliphatic rings. The molecule has 0 amide bonds. The highest BCUT2D eigenvalue weighted by atomic mass is 19.4. The molecule has 0 radical (unpaired) electrons. The fourth-order valence-corrected chi connectivity index (χ4v) is 1.23. The molecule has 0 aliphatic carbocycles. The number of esters is 1. The fraction of sp³-hybridized carbons (Fsp3) is 0.500. The van der Waals surface area contributed by atoms with Gasteiger partial charge in [0.1, 0.15) is 11.9 Å². The number of ether oxygens (including phenoxy) is 1. The molecule has 0 aromatic carbocycles. The zero-order chi connectivity index (χ0) is 14.6. The van der Waals surface area contributed by atoms with Crippen molar-refractivity contribution in [2.45, 2.75) is 26.1 Å². The maximum Gasteiger partial charge on any atom is 0.433 e. The van der Waals surface area contributed by atoms with Crippen molar-refractivity contribution >= 4 is 17.7 Å². The predicted molar refractivity (Wildman–Crippen MR) is 61.2 cm³/mol. The van der Waals surface area contributed by atoms with Crippen LogP contribution in [0.5, 0.6) is 0 Å². The van der Waals surface area contributed by atoms with Crippen LogP contribution >= 0.6 is 0 Å². The highest BCUT2D eigenvalue weighted by molar-refractivity contribution is 5.78. The lowest BCUT2D eigenvalue weighted by molar-refractivity contribution is -0.143. The van der Waals surface area contributed by atoms with Crippen LogP contribution in [0.15, 0.2) is 6.07 Å². The Balaban J connectivity index is 2.90. The average Bonchev–Trinajstić information content (AvgIpc) is 2.27. The molecule has 1 unspecified atom stereocenters. The highest BCUT2D eigenvalue weighted by Crippen LogP contribution is 2.29. The topological polar surface area (TPSA) is 90.1 Å². The first-order valence-corrected chi connectivity index (χ1v) is 5.39. The number of nitrogens with two attached hydrogens (primary N) is 1.